The van der Waals surface area contributed by atoms with Gasteiger partial charge in [-0.05, 0) is 50.5 Å². The van der Waals surface area contributed by atoms with Crippen molar-refractivity contribution in [3.8, 4) is 5.75 Å². The molecule has 0 bridgehead atoms. The lowest BCUT2D eigenvalue weighted by molar-refractivity contribution is 0.00458. The maximum absolute atomic E-state index is 12.2. The van der Waals surface area contributed by atoms with E-state index in [2.05, 4.69) is 0 Å². The summed E-state index contributed by atoms with van der Waals surface area (Å²) in [7, 11) is 0. The van der Waals surface area contributed by atoms with Gasteiger partial charge in [-0.15, -0.1) is 0 Å². The average Bonchev–Trinajstić information content (AvgIpc) is 2.35. The first-order chi connectivity index (χ1) is 9.30. The van der Waals surface area contributed by atoms with Crippen LogP contribution in [0.2, 0.25) is 0 Å². The van der Waals surface area contributed by atoms with E-state index in [1.54, 1.807) is 12.1 Å². The van der Waals surface area contributed by atoms with Gasteiger partial charge in [0.15, 0.2) is 0 Å². The smallest absolute Gasteiger partial charge is 0.410 e. The normalized spacial score (nSPS) is 18.6. The highest BCUT2D eigenvalue weighted by molar-refractivity contribution is 5.69. The van der Waals surface area contributed by atoms with E-state index >= 15 is 0 Å². The van der Waals surface area contributed by atoms with Crippen LogP contribution in [0.3, 0.4) is 0 Å². The van der Waals surface area contributed by atoms with Crippen molar-refractivity contribution in [2.75, 3.05) is 6.61 Å². The largest absolute Gasteiger partial charge is 0.508 e. The number of ether oxygens (including phenoxy) is 1. The summed E-state index contributed by atoms with van der Waals surface area (Å²) < 4.78 is 5.37. The number of aliphatic hydroxyl groups excluding tert-OH is 1. The standard InChI is InChI=1S/C15H21NO4/c1-15(2,3)20-14(19)16-8-11-7-13(18)5-4-10(11)6-12(16)9-17/h4-5,7,12,17-18H,6,8-9H2,1-3H3. The topological polar surface area (TPSA) is 70.0 Å². The number of phenolic OH excluding ortho intramolecular Hbond substituents is 1. The number of nitrogens with zero attached hydrogens (tertiary/aromatic N) is 1. The van der Waals surface area contributed by atoms with Crippen molar-refractivity contribution in [3.63, 3.8) is 0 Å². The molecule has 110 valence electrons. The Bertz CT molecular complexity index is 507. The fourth-order valence-corrected chi connectivity index (χ4v) is 2.33. The first-order valence-corrected chi connectivity index (χ1v) is 6.71. The minimum atomic E-state index is -0.573. The van der Waals surface area contributed by atoms with E-state index in [0.717, 1.165) is 11.1 Å². The maximum Gasteiger partial charge on any atom is 0.410 e. The Morgan fingerprint density at radius 1 is 1.40 bits per heavy atom. The molecule has 1 aromatic carbocycles. The summed E-state index contributed by atoms with van der Waals surface area (Å²) in [4.78, 5) is 13.7. The number of amides is 1. The number of aromatic hydroxyl groups is 1. The molecule has 20 heavy (non-hydrogen) atoms. The van der Waals surface area contributed by atoms with Crippen LogP contribution >= 0.6 is 0 Å². The Morgan fingerprint density at radius 3 is 2.70 bits per heavy atom. The van der Waals surface area contributed by atoms with Crippen molar-refractivity contribution in [1.29, 1.82) is 0 Å². The third-order valence-corrected chi connectivity index (χ3v) is 3.27. The van der Waals surface area contributed by atoms with Crippen LogP contribution in [0, 0.1) is 0 Å². The third-order valence-electron chi connectivity index (χ3n) is 3.27. The van der Waals surface area contributed by atoms with Gasteiger partial charge in [0.25, 0.3) is 0 Å². The van der Waals surface area contributed by atoms with Gasteiger partial charge in [-0.2, -0.15) is 0 Å². The van der Waals surface area contributed by atoms with Crippen LogP contribution in [0.4, 0.5) is 4.79 Å². The van der Waals surface area contributed by atoms with Crippen molar-refractivity contribution in [2.24, 2.45) is 0 Å². The van der Waals surface area contributed by atoms with Crippen molar-refractivity contribution >= 4 is 6.09 Å². The lowest BCUT2D eigenvalue weighted by atomic mass is 9.94. The molecule has 1 aliphatic rings. The Balaban J connectivity index is 2.23. The number of aliphatic hydroxyl groups is 1. The predicted molar refractivity (Wildman–Crippen MR) is 74.5 cm³/mol. The molecule has 2 rings (SSSR count). The fraction of sp³-hybridized carbons (Fsp3) is 0.533. The predicted octanol–water partition coefficient (Wildman–Crippen LogP) is 2.05. The summed E-state index contributed by atoms with van der Waals surface area (Å²) in [6, 6.07) is 4.82. The number of benzene rings is 1. The van der Waals surface area contributed by atoms with E-state index in [1.807, 2.05) is 26.8 Å². The van der Waals surface area contributed by atoms with Gasteiger partial charge in [-0.1, -0.05) is 6.07 Å². The van der Waals surface area contributed by atoms with Crippen LogP contribution in [0.5, 0.6) is 5.75 Å². The van der Waals surface area contributed by atoms with E-state index in [9.17, 15) is 15.0 Å². The molecular weight excluding hydrogens is 258 g/mol. The van der Waals surface area contributed by atoms with Gasteiger partial charge in [0.2, 0.25) is 0 Å². The Labute approximate surface area is 118 Å². The van der Waals surface area contributed by atoms with Gasteiger partial charge in [-0.3, -0.25) is 4.90 Å². The third kappa shape index (κ3) is 3.22. The fourth-order valence-electron chi connectivity index (χ4n) is 2.33. The van der Waals surface area contributed by atoms with Gasteiger partial charge < -0.3 is 14.9 Å². The number of hydrogen-bond acceptors (Lipinski definition) is 4. The molecule has 0 aromatic heterocycles. The zero-order chi connectivity index (χ0) is 14.9. The zero-order valence-electron chi connectivity index (χ0n) is 12.1. The lowest BCUT2D eigenvalue weighted by Gasteiger charge is -2.36. The van der Waals surface area contributed by atoms with E-state index in [0.29, 0.717) is 13.0 Å². The van der Waals surface area contributed by atoms with Crippen LogP contribution < -0.4 is 0 Å². The van der Waals surface area contributed by atoms with Gasteiger partial charge in [0.1, 0.15) is 11.4 Å². The van der Waals surface area contributed by atoms with Crippen LogP contribution in [-0.2, 0) is 17.7 Å². The molecule has 5 heteroatoms. The SMILES string of the molecule is CC(C)(C)OC(=O)N1Cc2cc(O)ccc2CC1CO. The number of fused-ring (bicyclic) bond motifs is 1. The number of rotatable bonds is 1. The molecule has 0 saturated heterocycles. The molecule has 1 atom stereocenters. The summed E-state index contributed by atoms with van der Waals surface area (Å²) in [5.74, 6) is 0.176. The Kier molecular flexibility index (Phi) is 3.90. The summed E-state index contributed by atoms with van der Waals surface area (Å²) in [6.07, 6.45) is 0.122. The second-order valence-electron chi connectivity index (χ2n) is 6.10. The van der Waals surface area contributed by atoms with Gasteiger partial charge in [-0.25, -0.2) is 4.79 Å². The molecule has 0 saturated carbocycles. The van der Waals surface area contributed by atoms with E-state index in [4.69, 9.17) is 4.74 Å². The molecule has 1 aromatic rings. The van der Waals surface area contributed by atoms with Crippen molar-refractivity contribution in [3.05, 3.63) is 29.3 Å². The summed E-state index contributed by atoms with van der Waals surface area (Å²) in [6.45, 7) is 5.65. The van der Waals surface area contributed by atoms with E-state index in [1.165, 1.54) is 4.90 Å². The lowest BCUT2D eigenvalue weighted by Crippen LogP contribution is -2.48. The number of carbonyl (C=O) groups excluding carboxylic acids is 1. The van der Waals surface area contributed by atoms with E-state index < -0.39 is 11.7 Å². The maximum atomic E-state index is 12.2. The van der Waals surface area contributed by atoms with Crippen molar-refractivity contribution in [1.82, 2.24) is 4.90 Å². The first-order valence-electron chi connectivity index (χ1n) is 6.71. The second-order valence-corrected chi connectivity index (χ2v) is 6.10. The number of hydrogen-bond donors (Lipinski definition) is 2. The molecule has 1 amide bonds. The van der Waals surface area contributed by atoms with Crippen LogP contribution in [0.15, 0.2) is 18.2 Å². The molecule has 1 aliphatic heterocycles. The highest BCUT2D eigenvalue weighted by atomic mass is 16.6. The van der Waals surface area contributed by atoms with Crippen LogP contribution in [0.1, 0.15) is 31.9 Å². The van der Waals surface area contributed by atoms with Crippen LogP contribution in [-0.4, -0.2) is 39.5 Å². The summed E-state index contributed by atoms with van der Waals surface area (Å²) >= 11 is 0. The van der Waals surface area contributed by atoms with Gasteiger partial charge >= 0.3 is 6.09 Å². The highest BCUT2D eigenvalue weighted by Gasteiger charge is 2.32. The minimum Gasteiger partial charge on any atom is -0.508 e. The molecule has 1 heterocycles. The summed E-state index contributed by atoms with van der Waals surface area (Å²) in [5, 5.41) is 19.0. The molecule has 0 fully saturated rings. The molecule has 1 unspecified atom stereocenters. The molecule has 0 spiro atoms. The zero-order valence-corrected chi connectivity index (χ0v) is 12.1. The Morgan fingerprint density at radius 2 is 2.10 bits per heavy atom. The first kappa shape index (κ1) is 14.7. The van der Waals surface area contributed by atoms with Crippen LogP contribution in [0.25, 0.3) is 0 Å². The Hall–Kier alpha value is -1.75. The molecular formula is C15H21NO4. The second kappa shape index (κ2) is 5.32. The highest BCUT2D eigenvalue weighted by Crippen LogP contribution is 2.27. The molecule has 2 N–H and O–H groups in total. The van der Waals surface area contributed by atoms with E-state index in [-0.39, 0.29) is 18.4 Å². The van der Waals surface area contributed by atoms with Gasteiger partial charge in [0.05, 0.1) is 12.6 Å². The summed E-state index contributed by atoms with van der Waals surface area (Å²) in [5.41, 5.74) is 1.36. The van der Waals surface area contributed by atoms with Crippen molar-refractivity contribution < 1.29 is 19.7 Å². The molecule has 0 radical (unpaired) electrons. The molecule has 5 nitrogen and oxygen atoms in total. The van der Waals surface area contributed by atoms with Crippen molar-refractivity contribution in [2.45, 2.75) is 45.4 Å². The number of phenols is 1. The monoisotopic (exact) mass is 279 g/mol. The quantitative estimate of drug-likeness (QED) is 0.825. The number of carbonyl (C=O) groups is 1. The minimum absolute atomic E-state index is 0.112. The molecule has 0 aliphatic carbocycles. The van der Waals surface area contributed by atoms with Gasteiger partial charge in [0, 0.05) is 6.54 Å². The average molecular weight is 279 g/mol.